The van der Waals surface area contributed by atoms with Crippen molar-refractivity contribution >= 4 is 46.2 Å². The molecule has 2 atom stereocenters. The molecule has 1 saturated carbocycles. The molecule has 2 N–H and O–H groups in total. The number of hydrogen-bond donors (Lipinski definition) is 2. The van der Waals surface area contributed by atoms with Crippen LogP contribution in [0.1, 0.15) is 41.1 Å². The van der Waals surface area contributed by atoms with Gasteiger partial charge in [0.1, 0.15) is 15.7 Å². The number of sulfone groups is 1. The molecular weight excluding hydrogens is 514 g/mol. The van der Waals surface area contributed by atoms with Crippen LogP contribution in [0.3, 0.4) is 0 Å². The molecule has 1 aliphatic carbocycles. The molecule has 0 radical (unpaired) electrons. The standard InChI is InChI=1S/C24H25FN4O3S.2ClH/c25-18-4-6-21(7-5-18)29-15-20(14-26-29)28-24(30)17-3-1-2-16(12-17)22-13-23(22)27-19-8-10-33(31,32)11-9-19;;/h1-7,12,14-15,19,22-23,27H,8-11,13H2,(H,28,30);2*1H. The molecule has 2 aromatic carbocycles. The molecule has 35 heavy (non-hydrogen) atoms. The minimum atomic E-state index is -2.86. The van der Waals surface area contributed by atoms with Gasteiger partial charge in [-0.25, -0.2) is 17.5 Å². The zero-order valence-electron chi connectivity index (χ0n) is 18.8. The molecule has 2 heterocycles. The number of amides is 1. The van der Waals surface area contributed by atoms with Crippen LogP contribution < -0.4 is 10.6 Å². The van der Waals surface area contributed by atoms with E-state index in [1.54, 1.807) is 35.3 Å². The topological polar surface area (TPSA) is 93.1 Å². The first-order valence-electron chi connectivity index (χ1n) is 11.0. The second-order valence-electron chi connectivity index (χ2n) is 8.77. The molecule has 1 aliphatic heterocycles. The highest BCUT2D eigenvalue weighted by atomic mass is 35.5. The molecule has 188 valence electrons. The van der Waals surface area contributed by atoms with Gasteiger partial charge in [-0.05, 0) is 61.2 Å². The van der Waals surface area contributed by atoms with Crippen molar-refractivity contribution in [2.24, 2.45) is 0 Å². The third-order valence-corrected chi connectivity index (χ3v) is 8.02. The summed E-state index contributed by atoms with van der Waals surface area (Å²) in [5.41, 5.74) is 2.91. The minimum absolute atomic E-state index is 0. The predicted octanol–water partition coefficient (Wildman–Crippen LogP) is 4.13. The van der Waals surface area contributed by atoms with E-state index in [1.165, 1.54) is 12.1 Å². The molecule has 2 aliphatic rings. The lowest BCUT2D eigenvalue weighted by Crippen LogP contribution is -2.39. The van der Waals surface area contributed by atoms with E-state index < -0.39 is 9.84 Å². The van der Waals surface area contributed by atoms with Crippen molar-refractivity contribution in [3.05, 3.63) is 77.9 Å². The second kappa shape index (κ2) is 11.1. The highest BCUT2D eigenvalue weighted by molar-refractivity contribution is 7.91. The van der Waals surface area contributed by atoms with Crippen LogP contribution in [0.25, 0.3) is 5.69 Å². The van der Waals surface area contributed by atoms with E-state index >= 15 is 0 Å². The van der Waals surface area contributed by atoms with Crippen molar-refractivity contribution in [1.82, 2.24) is 15.1 Å². The lowest BCUT2D eigenvalue weighted by Gasteiger charge is -2.23. The molecule has 0 spiro atoms. The Kier molecular flexibility index (Phi) is 8.58. The van der Waals surface area contributed by atoms with Gasteiger partial charge in [-0.1, -0.05) is 12.1 Å². The SMILES string of the molecule is Cl.Cl.O=C(Nc1cnn(-c2ccc(F)cc2)c1)c1cccc(C2CC2NC2CCS(=O)(=O)CC2)c1. The van der Waals surface area contributed by atoms with Crippen LogP contribution in [0, 0.1) is 5.82 Å². The summed E-state index contributed by atoms with van der Waals surface area (Å²) in [7, 11) is -2.86. The van der Waals surface area contributed by atoms with Crippen LogP contribution in [0.15, 0.2) is 60.9 Å². The average molecular weight is 541 g/mol. The molecule has 11 heteroatoms. The number of halogens is 3. The summed E-state index contributed by atoms with van der Waals surface area (Å²) in [6, 6.07) is 14.1. The number of benzene rings is 2. The predicted molar refractivity (Wildman–Crippen MR) is 138 cm³/mol. The van der Waals surface area contributed by atoms with Crippen LogP contribution in [-0.4, -0.2) is 47.7 Å². The molecule has 2 fully saturated rings. The maximum Gasteiger partial charge on any atom is 0.255 e. The molecule has 0 bridgehead atoms. The lowest BCUT2D eigenvalue weighted by molar-refractivity contribution is 0.102. The van der Waals surface area contributed by atoms with Gasteiger partial charge in [-0.15, -0.1) is 24.8 Å². The quantitative estimate of drug-likeness (QED) is 0.490. The van der Waals surface area contributed by atoms with Gasteiger partial charge in [0.25, 0.3) is 5.91 Å². The Morgan fingerprint density at radius 1 is 1.06 bits per heavy atom. The summed E-state index contributed by atoms with van der Waals surface area (Å²) < 4.78 is 37.9. The van der Waals surface area contributed by atoms with Gasteiger partial charge in [0.05, 0.1) is 35.3 Å². The molecule has 1 aromatic heterocycles. The zero-order chi connectivity index (χ0) is 23.0. The Balaban J connectivity index is 0.00000171. The number of aromatic nitrogens is 2. The van der Waals surface area contributed by atoms with Gasteiger partial charge in [-0.2, -0.15) is 5.10 Å². The number of nitrogens with one attached hydrogen (secondary N) is 2. The number of hydrogen-bond acceptors (Lipinski definition) is 5. The van der Waals surface area contributed by atoms with E-state index in [4.69, 9.17) is 0 Å². The van der Waals surface area contributed by atoms with E-state index in [0.29, 0.717) is 41.7 Å². The van der Waals surface area contributed by atoms with Gasteiger partial charge in [-0.3, -0.25) is 4.79 Å². The van der Waals surface area contributed by atoms with Crippen molar-refractivity contribution in [3.63, 3.8) is 0 Å². The first-order valence-corrected chi connectivity index (χ1v) is 12.9. The van der Waals surface area contributed by atoms with Gasteiger partial charge in [0, 0.05) is 23.6 Å². The molecule has 1 amide bonds. The molecular formula is C24H27Cl2FN4O3S. The van der Waals surface area contributed by atoms with Gasteiger partial charge >= 0.3 is 0 Å². The molecule has 5 rings (SSSR count). The average Bonchev–Trinajstić information content (AvgIpc) is 3.42. The van der Waals surface area contributed by atoms with Crippen molar-refractivity contribution < 1.29 is 17.6 Å². The van der Waals surface area contributed by atoms with Crippen molar-refractivity contribution in [3.8, 4) is 5.69 Å². The van der Waals surface area contributed by atoms with Crippen LogP contribution in [0.5, 0.6) is 0 Å². The van der Waals surface area contributed by atoms with E-state index in [-0.39, 0.29) is 54.1 Å². The minimum Gasteiger partial charge on any atom is -0.319 e. The zero-order valence-corrected chi connectivity index (χ0v) is 21.2. The Labute approximate surface area is 216 Å². The fourth-order valence-electron chi connectivity index (χ4n) is 4.34. The number of carbonyl (C=O) groups is 1. The Morgan fingerprint density at radius 2 is 1.77 bits per heavy atom. The van der Waals surface area contributed by atoms with Gasteiger partial charge in [0.15, 0.2) is 0 Å². The Bertz CT molecular complexity index is 1270. The molecule has 1 saturated heterocycles. The van der Waals surface area contributed by atoms with Crippen molar-refractivity contribution in [1.29, 1.82) is 0 Å². The summed E-state index contributed by atoms with van der Waals surface area (Å²) in [6.07, 6.45) is 5.55. The summed E-state index contributed by atoms with van der Waals surface area (Å²) in [4.78, 5) is 12.8. The van der Waals surface area contributed by atoms with Crippen LogP contribution in [0.4, 0.5) is 10.1 Å². The maximum atomic E-state index is 13.1. The summed E-state index contributed by atoms with van der Waals surface area (Å²) in [5.74, 6) is 0.306. The maximum absolute atomic E-state index is 13.1. The molecule has 3 aromatic rings. The highest BCUT2D eigenvalue weighted by Gasteiger charge is 2.40. The summed E-state index contributed by atoms with van der Waals surface area (Å²) in [5, 5.41) is 10.7. The third kappa shape index (κ3) is 6.61. The number of rotatable bonds is 6. The fraction of sp³-hybridized carbons (Fsp3) is 0.333. The van der Waals surface area contributed by atoms with E-state index in [9.17, 15) is 17.6 Å². The Morgan fingerprint density at radius 3 is 2.49 bits per heavy atom. The van der Waals surface area contributed by atoms with E-state index in [2.05, 4.69) is 15.7 Å². The first kappa shape index (κ1) is 27.1. The summed E-state index contributed by atoms with van der Waals surface area (Å²) >= 11 is 0. The van der Waals surface area contributed by atoms with Crippen molar-refractivity contribution in [2.75, 3.05) is 16.8 Å². The normalized spacial score (nSPS) is 20.8. The van der Waals surface area contributed by atoms with Crippen LogP contribution in [-0.2, 0) is 9.84 Å². The van der Waals surface area contributed by atoms with E-state index in [1.807, 2.05) is 18.2 Å². The smallest absolute Gasteiger partial charge is 0.255 e. The van der Waals surface area contributed by atoms with E-state index in [0.717, 1.165) is 12.0 Å². The molecule has 2 unspecified atom stereocenters. The fourth-order valence-corrected chi connectivity index (χ4v) is 5.83. The van der Waals surface area contributed by atoms with Crippen LogP contribution in [0.2, 0.25) is 0 Å². The number of anilines is 1. The number of carbonyl (C=O) groups excluding carboxylic acids is 1. The van der Waals surface area contributed by atoms with Crippen LogP contribution >= 0.6 is 24.8 Å². The largest absolute Gasteiger partial charge is 0.319 e. The summed E-state index contributed by atoms with van der Waals surface area (Å²) in [6.45, 7) is 0. The van der Waals surface area contributed by atoms with Gasteiger partial charge in [0.2, 0.25) is 0 Å². The lowest BCUT2D eigenvalue weighted by atomic mass is 10.1. The van der Waals surface area contributed by atoms with Crippen molar-refractivity contribution in [2.45, 2.75) is 37.3 Å². The highest BCUT2D eigenvalue weighted by Crippen LogP contribution is 2.41. The monoisotopic (exact) mass is 540 g/mol. The van der Waals surface area contributed by atoms with Gasteiger partial charge < -0.3 is 10.6 Å². The second-order valence-corrected chi connectivity index (χ2v) is 11.1. The molecule has 7 nitrogen and oxygen atoms in total. The Hall–Kier alpha value is -2.46. The first-order chi connectivity index (χ1) is 15.9. The number of nitrogens with zero attached hydrogens (tertiary/aromatic N) is 2. The third-order valence-electron chi connectivity index (χ3n) is 6.30.